The van der Waals surface area contributed by atoms with E-state index in [9.17, 15) is 4.39 Å². The summed E-state index contributed by atoms with van der Waals surface area (Å²) in [4.78, 5) is 11.5. The lowest BCUT2D eigenvalue weighted by molar-refractivity contribution is 0.168. The fraction of sp³-hybridized carbons (Fsp3) is 0.435. The Bertz CT molecular complexity index is 1270. The Morgan fingerprint density at radius 3 is 3.03 bits per heavy atom. The average Bonchev–Trinajstić information content (AvgIpc) is 3.17. The largest absolute Gasteiger partial charge is 0.483 e. The predicted octanol–water partition coefficient (Wildman–Crippen LogP) is 3.07. The maximum atomic E-state index is 14.2. The molecule has 4 aliphatic rings. The molecule has 1 spiro atoms. The van der Waals surface area contributed by atoms with E-state index in [2.05, 4.69) is 26.9 Å². The SMILES string of the molecule is C=C1NC2(CC2)COc2ncc(F)cc2CN2c3nc4c1cnn4cc3O[C@H]1CCC[C@H]12. The number of aromatic nitrogens is 4. The molecule has 0 aromatic carbocycles. The highest BCUT2D eigenvalue weighted by molar-refractivity contribution is 5.76. The zero-order chi connectivity index (χ0) is 21.4. The topological polar surface area (TPSA) is 76.8 Å². The molecule has 164 valence electrons. The first-order valence-corrected chi connectivity index (χ1v) is 11.1. The van der Waals surface area contributed by atoms with Gasteiger partial charge in [-0.2, -0.15) is 5.10 Å². The molecule has 0 amide bonds. The molecule has 1 N–H and O–H groups in total. The molecule has 2 atom stereocenters. The molecular weight excluding hydrogens is 411 g/mol. The minimum atomic E-state index is -0.373. The van der Waals surface area contributed by atoms with Crippen LogP contribution in [-0.2, 0) is 6.54 Å². The van der Waals surface area contributed by atoms with Gasteiger partial charge in [-0.3, -0.25) is 0 Å². The molecule has 2 bridgehead atoms. The molecule has 5 heterocycles. The molecule has 0 radical (unpaired) electrons. The van der Waals surface area contributed by atoms with Gasteiger partial charge in [0, 0.05) is 11.3 Å². The second-order valence-electron chi connectivity index (χ2n) is 9.33. The molecule has 7 rings (SSSR count). The lowest BCUT2D eigenvalue weighted by Crippen LogP contribution is -2.47. The molecule has 9 heteroatoms. The number of anilines is 1. The summed E-state index contributed by atoms with van der Waals surface area (Å²) in [6.07, 6.45) is 9.97. The molecule has 0 saturated heterocycles. The number of hydrogen-bond donors (Lipinski definition) is 1. The third kappa shape index (κ3) is 2.69. The van der Waals surface area contributed by atoms with Gasteiger partial charge in [0.1, 0.15) is 18.5 Å². The maximum Gasteiger partial charge on any atom is 0.218 e. The zero-order valence-corrected chi connectivity index (χ0v) is 17.6. The van der Waals surface area contributed by atoms with E-state index in [1.165, 1.54) is 12.3 Å². The fourth-order valence-corrected chi connectivity index (χ4v) is 5.25. The Morgan fingerprint density at radius 1 is 1.25 bits per heavy atom. The number of rotatable bonds is 0. The van der Waals surface area contributed by atoms with Gasteiger partial charge in [0.2, 0.25) is 5.88 Å². The third-order valence-corrected chi connectivity index (χ3v) is 7.12. The van der Waals surface area contributed by atoms with Crippen molar-refractivity contribution in [1.29, 1.82) is 0 Å². The van der Waals surface area contributed by atoms with Gasteiger partial charge in [-0.25, -0.2) is 18.9 Å². The summed E-state index contributed by atoms with van der Waals surface area (Å²) in [5, 5.41) is 8.04. The summed E-state index contributed by atoms with van der Waals surface area (Å²) >= 11 is 0. The number of halogens is 1. The molecule has 2 saturated carbocycles. The Hall–Kier alpha value is -3.36. The summed E-state index contributed by atoms with van der Waals surface area (Å²) in [5.74, 6) is 1.53. The lowest BCUT2D eigenvalue weighted by Gasteiger charge is -2.39. The Kier molecular flexibility index (Phi) is 3.61. The second-order valence-corrected chi connectivity index (χ2v) is 9.33. The molecule has 32 heavy (non-hydrogen) atoms. The highest BCUT2D eigenvalue weighted by Gasteiger charge is 2.45. The molecule has 3 aromatic rings. The standard InChI is InChI=1S/C23H23FN6O2/c1-13-16-9-26-30-11-19-21(27-20(16)30)29(17-3-2-4-18(17)32-19)10-14-7-15(24)8-25-22(14)31-12-23(28-13)5-6-23/h7-9,11,17-18,28H,1-6,10,12H2/t17-,18+/m1/s1. The van der Waals surface area contributed by atoms with Crippen LogP contribution in [0.3, 0.4) is 0 Å². The first kappa shape index (κ1) is 18.2. The van der Waals surface area contributed by atoms with Gasteiger partial charge < -0.3 is 19.7 Å². The van der Waals surface area contributed by atoms with Gasteiger partial charge in [0.05, 0.1) is 42.3 Å². The third-order valence-electron chi connectivity index (χ3n) is 7.12. The van der Waals surface area contributed by atoms with Gasteiger partial charge in [-0.15, -0.1) is 0 Å². The summed E-state index contributed by atoms with van der Waals surface area (Å²) in [6, 6.07) is 1.69. The number of fused-ring (bicyclic) bond motifs is 3. The van der Waals surface area contributed by atoms with E-state index < -0.39 is 0 Å². The van der Waals surface area contributed by atoms with E-state index in [0.29, 0.717) is 30.3 Å². The van der Waals surface area contributed by atoms with Gasteiger partial charge in [0.25, 0.3) is 0 Å². The quantitative estimate of drug-likeness (QED) is 0.583. The van der Waals surface area contributed by atoms with Gasteiger partial charge in [0.15, 0.2) is 17.2 Å². The highest BCUT2D eigenvalue weighted by atomic mass is 19.1. The van der Waals surface area contributed by atoms with Crippen molar-refractivity contribution in [1.82, 2.24) is 24.9 Å². The summed E-state index contributed by atoms with van der Waals surface area (Å²) in [5.41, 5.74) is 2.85. The van der Waals surface area contributed by atoms with E-state index in [-0.39, 0.29) is 23.5 Å². The first-order valence-electron chi connectivity index (χ1n) is 11.1. The van der Waals surface area contributed by atoms with Crippen molar-refractivity contribution in [3.63, 3.8) is 0 Å². The second kappa shape index (κ2) is 6.34. The monoisotopic (exact) mass is 434 g/mol. The smallest absolute Gasteiger partial charge is 0.218 e. The molecule has 2 aliphatic heterocycles. The minimum Gasteiger partial charge on any atom is -0.483 e. The Morgan fingerprint density at radius 2 is 2.16 bits per heavy atom. The van der Waals surface area contributed by atoms with Crippen LogP contribution < -0.4 is 19.7 Å². The molecule has 2 fully saturated rings. The average molecular weight is 434 g/mol. The predicted molar refractivity (Wildman–Crippen MR) is 115 cm³/mol. The summed E-state index contributed by atoms with van der Waals surface area (Å²) in [7, 11) is 0. The number of ether oxygens (including phenoxy) is 2. The van der Waals surface area contributed by atoms with Crippen molar-refractivity contribution in [2.24, 2.45) is 0 Å². The normalized spacial score (nSPS) is 25.2. The molecule has 0 unspecified atom stereocenters. The van der Waals surface area contributed by atoms with Gasteiger partial charge >= 0.3 is 0 Å². The number of pyridine rings is 1. The maximum absolute atomic E-state index is 14.2. The van der Waals surface area contributed by atoms with Gasteiger partial charge in [-0.1, -0.05) is 6.58 Å². The minimum absolute atomic E-state index is 0.0738. The van der Waals surface area contributed by atoms with Crippen LogP contribution in [0.4, 0.5) is 10.2 Å². The highest BCUT2D eigenvalue weighted by Crippen LogP contribution is 2.44. The summed E-state index contributed by atoms with van der Waals surface area (Å²) < 4.78 is 28.5. The van der Waals surface area contributed by atoms with E-state index in [4.69, 9.17) is 14.5 Å². The van der Waals surface area contributed by atoms with Gasteiger partial charge in [-0.05, 0) is 38.2 Å². The van der Waals surface area contributed by atoms with Crippen LogP contribution in [0.2, 0.25) is 0 Å². The number of hydrogen-bond acceptors (Lipinski definition) is 7. The Balaban J connectivity index is 1.43. The number of nitrogens with zero attached hydrogens (tertiary/aromatic N) is 5. The first-order chi connectivity index (χ1) is 15.6. The summed E-state index contributed by atoms with van der Waals surface area (Å²) in [6.45, 7) is 5.15. The molecular formula is C23H23FN6O2. The zero-order valence-electron chi connectivity index (χ0n) is 17.6. The van der Waals surface area contributed by atoms with Crippen LogP contribution in [0.15, 0.2) is 31.2 Å². The van der Waals surface area contributed by atoms with Crippen LogP contribution in [0.25, 0.3) is 11.3 Å². The van der Waals surface area contributed by atoms with Crippen molar-refractivity contribution in [3.8, 4) is 11.6 Å². The van der Waals surface area contributed by atoms with Crippen molar-refractivity contribution >= 4 is 17.2 Å². The van der Waals surface area contributed by atoms with Crippen molar-refractivity contribution in [3.05, 3.63) is 48.2 Å². The van der Waals surface area contributed by atoms with Crippen LogP contribution in [0.5, 0.6) is 11.6 Å². The van der Waals surface area contributed by atoms with Crippen LogP contribution in [0, 0.1) is 5.82 Å². The van der Waals surface area contributed by atoms with Crippen molar-refractivity contribution in [2.75, 3.05) is 11.5 Å². The molecule has 8 nitrogen and oxygen atoms in total. The van der Waals surface area contributed by atoms with Crippen molar-refractivity contribution < 1.29 is 13.9 Å². The van der Waals surface area contributed by atoms with E-state index in [1.54, 1.807) is 10.7 Å². The fourth-order valence-electron chi connectivity index (χ4n) is 5.25. The lowest BCUT2D eigenvalue weighted by atomic mass is 10.1. The van der Waals surface area contributed by atoms with Crippen molar-refractivity contribution in [2.45, 2.75) is 56.3 Å². The van der Waals surface area contributed by atoms with E-state index in [1.807, 2.05) is 6.20 Å². The van der Waals surface area contributed by atoms with E-state index in [0.717, 1.165) is 54.8 Å². The van der Waals surface area contributed by atoms with Crippen LogP contribution in [-0.4, -0.2) is 43.9 Å². The van der Waals surface area contributed by atoms with Crippen LogP contribution >= 0.6 is 0 Å². The van der Waals surface area contributed by atoms with Crippen LogP contribution in [0.1, 0.15) is 43.2 Å². The molecule has 3 aromatic heterocycles. The number of nitrogens with one attached hydrogen (secondary N) is 1. The molecule has 2 aliphatic carbocycles. The van der Waals surface area contributed by atoms with E-state index >= 15 is 0 Å². The Labute approximate surface area is 184 Å².